The van der Waals surface area contributed by atoms with Crippen molar-refractivity contribution in [2.45, 2.75) is 26.5 Å². The first kappa shape index (κ1) is 16.0. The van der Waals surface area contributed by atoms with Crippen LogP contribution in [0.25, 0.3) is 0 Å². The molecule has 0 radical (unpaired) electrons. The van der Waals surface area contributed by atoms with Gasteiger partial charge >= 0.3 is 0 Å². The molecular formula is C17H19BrFNO. The minimum Gasteiger partial charge on any atom is -0.389 e. The van der Waals surface area contributed by atoms with Gasteiger partial charge in [-0.2, -0.15) is 0 Å². The molecule has 21 heavy (non-hydrogen) atoms. The van der Waals surface area contributed by atoms with Crippen molar-refractivity contribution in [3.63, 3.8) is 0 Å². The van der Waals surface area contributed by atoms with Crippen LogP contribution in [-0.4, -0.2) is 12.2 Å². The molecule has 0 amide bonds. The second-order valence-corrected chi connectivity index (χ2v) is 6.14. The molecule has 2 rings (SSSR count). The topological polar surface area (TPSA) is 23.5 Å². The van der Waals surface area contributed by atoms with Crippen LogP contribution < -0.4 is 4.90 Å². The zero-order valence-corrected chi connectivity index (χ0v) is 14.0. The van der Waals surface area contributed by atoms with E-state index in [0.717, 1.165) is 15.7 Å². The Morgan fingerprint density at radius 1 is 1.29 bits per heavy atom. The van der Waals surface area contributed by atoms with E-state index in [1.54, 1.807) is 19.9 Å². The van der Waals surface area contributed by atoms with Crippen LogP contribution in [0.2, 0.25) is 0 Å². The predicted molar refractivity (Wildman–Crippen MR) is 88.0 cm³/mol. The van der Waals surface area contributed by atoms with Crippen LogP contribution in [0.15, 0.2) is 40.9 Å². The highest BCUT2D eigenvalue weighted by atomic mass is 79.9. The van der Waals surface area contributed by atoms with Crippen LogP contribution in [0.5, 0.6) is 0 Å². The first-order chi connectivity index (χ1) is 9.90. The van der Waals surface area contributed by atoms with Crippen molar-refractivity contribution in [3.05, 3.63) is 63.4 Å². The van der Waals surface area contributed by atoms with Crippen LogP contribution >= 0.6 is 15.9 Å². The monoisotopic (exact) mass is 351 g/mol. The molecule has 0 aromatic heterocycles. The highest BCUT2D eigenvalue weighted by Gasteiger charge is 2.15. The lowest BCUT2D eigenvalue weighted by Gasteiger charge is -2.25. The highest BCUT2D eigenvalue weighted by Crippen LogP contribution is 2.30. The molecule has 0 aliphatic rings. The number of aryl methyl sites for hydroxylation is 1. The number of aliphatic hydroxyl groups is 1. The maximum Gasteiger partial charge on any atom is 0.126 e. The van der Waals surface area contributed by atoms with Crippen LogP contribution in [0.3, 0.4) is 0 Å². The fourth-order valence-corrected chi connectivity index (χ4v) is 2.72. The largest absolute Gasteiger partial charge is 0.389 e. The molecule has 0 saturated heterocycles. The van der Waals surface area contributed by atoms with Crippen molar-refractivity contribution < 1.29 is 9.50 Å². The van der Waals surface area contributed by atoms with E-state index in [0.29, 0.717) is 17.7 Å². The van der Waals surface area contributed by atoms with Gasteiger partial charge in [-0.1, -0.05) is 34.1 Å². The molecule has 0 fully saturated rings. The molecule has 0 bridgehead atoms. The smallest absolute Gasteiger partial charge is 0.126 e. The predicted octanol–water partition coefficient (Wildman–Crippen LogP) is 4.59. The summed E-state index contributed by atoms with van der Waals surface area (Å²) in [7, 11) is 1.94. The first-order valence-electron chi connectivity index (χ1n) is 6.82. The molecule has 0 heterocycles. The van der Waals surface area contributed by atoms with Crippen molar-refractivity contribution in [2.24, 2.45) is 0 Å². The second-order valence-electron chi connectivity index (χ2n) is 5.28. The van der Waals surface area contributed by atoms with Gasteiger partial charge in [-0.15, -0.1) is 0 Å². The van der Waals surface area contributed by atoms with Gasteiger partial charge in [-0.3, -0.25) is 0 Å². The third kappa shape index (κ3) is 3.63. The molecule has 0 spiro atoms. The average molecular weight is 352 g/mol. The van der Waals surface area contributed by atoms with Gasteiger partial charge in [-0.05, 0) is 43.2 Å². The molecule has 0 unspecified atom stereocenters. The molecule has 1 atom stereocenters. The molecule has 2 aromatic carbocycles. The van der Waals surface area contributed by atoms with Gasteiger partial charge in [0.1, 0.15) is 5.82 Å². The summed E-state index contributed by atoms with van der Waals surface area (Å²) in [6, 6.07) is 11.2. The van der Waals surface area contributed by atoms with Gasteiger partial charge in [0.15, 0.2) is 0 Å². The maximum absolute atomic E-state index is 13.7. The van der Waals surface area contributed by atoms with Gasteiger partial charge in [-0.25, -0.2) is 4.39 Å². The van der Waals surface area contributed by atoms with E-state index >= 15 is 0 Å². The minimum atomic E-state index is -0.711. The average Bonchev–Trinajstić information content (AvgIpc) is 2.43. The fourth-order valence-electron chi connectivity index (χ4n) is 2.31. The number of hydrogen-bond acceptors (Lipinski definition) is 2. The van der Waals surface area contributed by atoms with Crippen molar-refractivity contribution in [1.82, 2.24) is 0 Å². The normalized spacial score (nSPS) is 12.3. The molecular weight excluding hydrogens is 333 g/mol. The lowest BCUT2D eigenvalue weighted by molar-refractivity contribution is 0.199. The lowest BCUT2D eigenvalue weighted by Crippen LogP contribution is -2.19. The molecule has 1 N–H and O–H groups in total. The van der Waals surface area contributed by atoms with E-state index in [1.165, 1.54) is 6.07 Å². The Kier molecular flexibility index (Phi) is 5.01. The Morgan fingerprint density at radius 2 is 1.95 bits per heavy atom. The number of benzene rings is 2. The van der Waals surface area contributed by atoms with Crippen molar-refractivity contribution >= 4 is 21.6 Å². The molecule has 2 aromatic rings. The minimum absolute atomic E-state index is 0.288. The van der Waals surface area contributed by atoms with E-state index in [9.17, 15) is 9.50 Å². The van der Waals surface area contributed by atoms with Gasteiger partial charge in [0.25, 0.3) is 0 Å². The Balaban J connectivity index is 2.37. The van der Waals surface area contributed by atoms with Gasteiger partial charge < -0.3 is 10.0 Å². The van der Waals surface area contributed by atoms with Crippen molar-refractivity contribution in [2.75, 3.05) is 11.9 Å². The van der Waals surface area contributed by atoms with E-state index in [-0.39, 0.29) is 5.82 Å². The zero-order valence-electron chi connectivity index (χ0n) is 12.4. The Morgan fingerprint density at radius 3 is 2.57 bits per heavy atom. The van der Waals surface area contributed by atoms with Crippen LogP contribution in [0, 0.1) is 12.7 Å². The van der Waals surface area contributed by atoms with Crippen LogP contribution in [0.4, 0.5) is 10.1 Å². The molecule has 4 heteroatoms. The molecule has 2 nitrogen and oxygen atoms in total. The van der Waals surface area contributed by atoms with Crippen molar-refractivity contribution in [1.29, 1.82) is 0 Å². The molecule has 0 aliphatic carbocycles. The summed E-state index contributed by atoms with van der Waals surface area (Å²) < 4.78 is 14.8. The number of nitrogens with zero attached hydrogens (tertiary/aromatic N) is 1. The SMILES string of the molecule is Cc1cc(N(C)Cc2ccccc2Br)c([C@H](C)O)cc1F. The molecule has 0 saturated carbocycles. The summed E-state index contributed by atoms with van der Waals surface area (Å²) in [4.78, 5) is 2.02. The summed E-state index contributed by atoms with van der Waals surface area (Å²) in [6.07, 6.45) is -0.711. The lowest BCUT2D eigenvalue weighted by atomic mass is 10.0. The van der Waals surface area contributed by atoms with Gasteiger partial charge in [0, 0.05) is 29.3 Å². The zero-order chi connectivity index (χ0) is 15.6. The van der Waals surface area contributed by atoms with Crippen LogP contribution in [0.1, 0.15) is 29.7 Å². The standard InChI is InChI=1S/C17H19BrFNO/c1-11-8-17(14(12(2)21)9-16(11)19)20(3)10-13-6-4-5-7-15(13)18/h4-9,12,21H,10H2,1-3H3/t12-/m0/s1. The quantitative estimate of drug-likeness (QED) is 0.870. The summed E-state index contributed by atoms with van der Waals surface area (Å²) in [5.74, 6) is -0.288. The third-order valence-corrected chi connectivity index (χ3v) is 4.31. The molecule has 112 valence electrons. The highest BCUT2D eigenvalue weighted by molar-refractivity contribution is 9.10. The van der Waals surface area contributed by atoms with Gasteiger partial charge in [0.2, 0.25) is 0 Å². The van der Waals surface area contributed by atoms with E-state index in [1.807, 2.05) is 36.2 Å². The number of aliphatic hydroxyl groups excluding tert-OH is 1. The summed E-state index contributed by atoms with van der Waals surface area (Å²) in [5.41, 5.74) is 3.17. The number of anilines is 1. The maximum atomic E-state index is 13.7. The number of halogens is 2. The fraction of sp³-hybridized carbons (Fsp3) is 0.294. The van der Waals surface area contributed by atoms with Gasteiger partial charge in [0.05, 0.1) is 6.10 Å². The van der Waals surface area contributed by atoms with Crippen LogP contribution in [-0.2, 0) is 6.54 Å². The summed E-state index contributed by atoms with van der Waals surface area (Å²) >= 11 is 3.53. The summed E-state index contributed by atoms with van der Waals surface area (Å²) in [6.45, 7) is 4.06. The number of rotatable bonds is 4. The Labute approximate surface area is 133 Å². The molecule has 0 aliphatic heterocycles. The second kappa shape index (κ2) is 6.58. The number of hydrogen-bond donors (Lipinski definition) is 1. The van der Waals surface area contributed by atoms with E-state index in [4.69, 9.17) is 0 Å². The van der Waals surface area contributed by atoms with E-state index < -0.39 is 6.10 Å². The first-order valence-corrected chi connectivity index (χ1v) is 7.62. The Hall–Kier alpha value is -1.39. The van der Waals surface area contributed by atoms with Crippen molar-refractivity contribution in [3.8, 4) is 0 Å². The van der Waals surface area contributed by atoms with E-state index in [2.05, 4.69) is 15.9 Å². The summed E-state index contributed by atoms with van der Waals surface area (Å²) in [5, 5.41) is 9.89. The third-order valence-electron chi connectivity index (χ3n) is 3.53. The Bertz CT molecular complexity index is 643.